The molecule has 13 heteroatoms. The lowest BCUT2D eigenvalue weighted by atomic mass is 10.0. The molecule has 12 nitrogen and oxygen atoms in total. The number of para-hydroxylation sites is 2. The van der Waals surface area contributed by atoms with E-state index in [2.05, 4.69) is 25.3 Å². The van der Waals surface area contributed by atoms with Crippen molar-refractivity contribution in [2.45, 2.75) is 37.3 Å². The van der Waals surface area contributed by atoms with Crippen LogP contribution in [0.15, 0.2) is 72.8 Å². The minimum atomic E-state index is -3.94. The standard InChI is InChI=1S/C28H27N5O7S/c34-26(29-15-25-30-19-8-4-5-9-20(19)31-25)14-24-27(35)32-21-12-18(10-11-23(21)40-24)13-22(28(36)37)33-41(38,39)16-17-6-2-1-3-7-17/h1-12,22,24,33H,13-16H2,(H,29,34)(H,30,31)(H,32,35)(H,36,37)/t22-,24?/m0/s1. The summed E-state index contributed by atoms with van der Waals surface area (Å²) < 4.78 is 33.2. The van der Waals surface area contributed by atoms with E-state index in [9.17, 15) is 27.9 Å². The molecule has 4 aromatic rings. The van der Waals surface area contributed by atoms with Gasteiger partial charge in [0.1, 0.15) is 17.6 Å². The number of hydrogen-bond donors (Lipinski definition) is 5. The lowest BCUT2D eigenvalue weighted by molar-refractivity contribution is -0.139. The highest BCUT2D eigenvalue weighted by atomic mass is 32.2. The third-order valence-electron chi connectivity index (χ3n) is 6.38. The van der Waals surface area contributed by atoms with Crippen LogP contribution in [0, 0.1) is 0 Å². The number of carbonyl (C=O) groups is 3. The van der Waals surface area contributed by atoms with Crippen LogP contribution in [0.2, 0.25) is 0 Å². The predicted molar refractivity (Wildman–Crippen MR) is 149 cm³/mol. The Hall–Kier alpha value is -4.75. The van der Waals surface area contributed by atoms with Crippen molar-refractivity contribution in [3.63, 3.8) is 0 Å². The van der Waals surface area contributed by atoms with E-state index in [0.29, 0.717) is 28.4 Å². The molecule has 2 amide bonds. The summed E-state index contributed by atoms with van der Waals surface area (Å²) in [5.41, 5.74) is 2.91. The molecule has 0 aliphatic carbocycles. The number of carboxylic acids is 1. The van der Waals surface area contributed by atoms with E-state index in [0.717, 1.165) is 11.0 Å². The van der Waals surface area contributed by atoms with E-state index in [1.165, 1.54) is 6.07 Å². The molecule has 0 bridgehead atoms. The fourth-order valence-corrected chi connectivity index (χ4v) is 5.77. The van der Waals surface area contributed by atoms with E-state index in [1.54, 1.807) is 42.5 Å². The van der Waals surface area contributed by atoms with E-state index < -0.39 is 40.0 Å². The molecule has 0 radical (unpaired) electrons. The summed E-state index contributed by atoms with van der Waals surface area (Å²) in [7, 11) is -3.94. The first-order valence-electron chi connectivity index (χ1n) is 12.7. The Labute approximate surface area is 235 Å². The molecule has 5 rings (SSSR count). The number of carbonyl (C=O) groups excluding carboxylic acids is 2. The van der Waals surface area contributed by atoms with Gasteiger partial charge in [0.25, 0.3) is 5.91 Å². The maximum absolute atomic E-state index is 12.7. The number of aromatic amines is 1. The molecule has 212 valence electrons. The van der Waals surface area contributed by atoms with Gasteiger partial charge in [-0.2, -0.15) is 0 Å². The fourth-order valence-electron chi connectivity index (χ4n) is 4.44. The number of nitrogens with one attached hydrogen (secondary N) is 4. The molecule has 0 saturated heterocycles. The molecule has 2 atom stereocenters. The number of hydrogen-bond acceptors (Lipinski definition) is 7. The number of fused-ring (bicyclic) bond motifs is 2. The van der Waals surface area contributed by atoms with Gasteiger partial charge in [0.05, 0.1) is 35.4 Å². The highest BCUT2D eigenvalue weighted by Gasteiger charge is 2.31. The van der Waals surface area contributed by atoms with Gasteiger partial charge in [0.2, 0.25) is 15.9 Å². The number of rotatable bonds is 11. The Morgan fingerprint density at radius 1 is 1.02 bits per heavy atom. The highest BCUT2D eigenvalue weighted by molar-refractivity contribution is 7.88. The van der Waals surface area contributed by atoms with Crippen LogP contribution in [0.25, 0.3) is 11.0 Å². The number of H-pyrrole nitrogens is 1. The first-order valence-corrected chi connectivity index (χ1v) is 14.4. The van der Waals surface area contributed by atoms with Gasteiger partial charge in [0.15, 0.2) is 6.10 Å². The van der Waals surface area contributed by atoms with Crippen LogP contribution < -0.4 is 20.1 Å². The molecule has 1 aromatic heterocycles. The maximum atomic E-state index is 12.7. The number of anilines is 1. The molecule has 3 aromatic carbocycles. The second-order valence-electron chi connectivity index (χ2n) is 9.57. The Balaban J connectivity index is 1.18. The number of ether oxygens (including phenoxy) is 1. The molecule has 1 unspecified atom stereocenters. The van der Waals surface area contributed by atoms with E-state index >= 15 is 0 Å². The van der Waals surface area contributed by atoms with Crippen LogP contribution in [0.1, 0.15) is 23.4 Å². The van der Waals surface area contributed by atoms with Crippen molar-refractivity contribution in [2.24, 2.45) is 0 Å². The number of aliphatic carboxylic acids is 1. The number of sulfonamides is 1. The Kier molecular flexibility index (Phi) is 7.99. The molecular formula is C28H27N5O7S. The largest absolute Gasteiger partial charge is 0.480 e. The monoisotopic (exact) mass is 577 g/mol. The first-order chi connectivity index (χ1) is 19.6. The van der Waals surface area contributed by atoms with Gasteiger partial charge < -0.3 is 25.5 Å². The zero-order valence-electron chi connectivity index (χ0n) is 21.7. The number of aromatic nitrogens is 2. The molecule has 2 heterocycles. The molecule has 0 spiro atoms. The molecular weight excluding hydrogens is 550 g/mol. The third-order valence-corrected chi connectivity index (χ3v) is 7.74. The molecule has 1 aliphatic heterocycles. The minimum Gasteiger partial charge on any atom is -0.480 e. The Bertz CT molecular complexity index is 1670. The van der Waals surface area contributed by atoms with Crippen LogP contribution in [0.5, 0.6) is 5.75 Å². The normalized spacial score (nSPS) is 15.4. The van der Waals surface area contributed by atoms with Crippen LogP contribution in [-0.2, 0) is 43.1 Å². The van der Waals surface area contributed by atoms with Crippen LogP contribution >= 0.6 is 0 Å². The van der Waals surface area contributed by atoms with Crippen molar-refractivity contribution in [1.29, 1.82) is 0 Å². The average Bonchev–Trinajstić information content (AvgIpc) is 3.35. The predicted octanol–water partition coefficient (Wildman–Crippen LogP) is 2.08. The van der Waals surface area contributed by atoms with Gasteiger partial charge in [-0.15, -0.1) is 0 Å². The van der Waals surface area contributed by atoms with E-state index in [4.69, 9.17) is 4.74 Å². The van der Waals surface area contributed by atoms with Crippen LogP contribution in [0.3, 0.4) is 0 Å². The van der Waals surface area contributed by atoms with Crippen molar-refractivity contribution in [3.05, 3.63) is 89.7 Å². The lowest BCUT2D eigenvalue weighted by Crippen LogP contribution is -2.43. The number of benzene rings is 3. The molecule has 5 N–H and O–H groups in total. The summed E-state index contributed by atoms with van der Waals surface area (Å²) in [4.78, 5) is 44.5. The maximum Gasteiger partial charge on any atom is 0.322 e. The molecule has 1 aliphatic rings. The number of imidazole rings is 1. The van der Waals surface area contributed by atoms with Crippen molar-refractivity contribution in [1.82, 2.24) is 20.0 Å². The lowest BCUT2D eigenvalue weighted by Gasteiger charge is -2.26. The van der Waals surface area contributed by atoms with Crippen molar-refractivity contribution < 1.29 is 32.6 Å². The van der Waals surface area contributed by atoms with Gasteiger partial charge in [-0.05, 0) is 41.8 Å². The quantitative estimate of drug-likeness (QED) is 0.180. The summed E-state index contributed by atoms with van der Waals surface area (Å²) in [6.07, 6.45) is -1.46. The SMILES string of the molecule is O=C(CC1Oc2ccc(C[C@H](NS(=O)(=O)Cc3ccccc3)C(=O)O)cc2NC1=O)NCc1nc2ccccc2[nH]1. The molecule has 0 fully saturated rings. The van der Waals surface area contributed by atoms with Gasteiger partial charge in [-0.3, -0.25) is 14.4 Å². The Morgan fingerprint density at radius 2 is 1.78 bits per heavy atom. The summed E-state index contributed by atoms with van der Waals surface area (Å²) in [5.74, 6) is -1.76. The second kappa shape index (κ2) is 11.8. The number of carboxylic acid groups (broad SMARTS) is 1. The van der Waals surface area contributed by atoms with Crippen molar-refractivity contribution >= 4 is 44.5 Å². The fraction of sp³-hybridized carbons (Fsp3) is 0.214. The third kappa shape index (κ3) is 7.07. The van der Waals surface area contributed by atoms with Crippen LogP contribution in [-0.4, -0.2) is 53.4 Å². The van der Waals surface area contributed by atoms with Crippen LogP contribution in [0.4, 0.5) is 5.69 Å². The van der Waals surface area contributed by atoms with Gasteiger partial charge in [-0.25, -0.2) is 18.1 Å². The summed E-state index contributed by atoms with van der Waals surface area (Å²) in [6, 6.07) is 19.1. The summed E-state index contributed by atoms with van der Waals surface area (Å²) in [6.45, 7) is 0.154. The molecule has 0 saturated carbocycles. The minimum absolute atomic E-state index is 0.154. The summed E-state index contributed by atoms with van der Waals surface area (Å²) in [5, 5.41) is 15.1. The van der Waals surface area contributed by atoms with Gasteiger partial charge >= 0.3 is 5.97 Å². The number of nitrogens with zero attached hydrogens (tertiary/aromatic N) is 1. The highest BCUT2D eigenvalue weighted by Crippen LogP contribution is 2.31. The Morgan fingerprint density at radius 3 is 2.54 bits per heavy atom. The first kappa shape index (κ1) is 27.8. The topological polar surface area (TPSA) is 180 Å². The number of amides is 2. The smallest absolute Gasteiger partial charge is 0.322 e. The second-order valence-corrected chi connectivity index (χ2v) is 11.3. The summed E-state index contributed by atoms with van der Waals surface area (Å²) >= 11 is 0. The molecule has 41 heavy (non-hydrogen) atoms. The van der Waals surface area contributed by atoms with E-state index in [1.807, 2.05) is 24.3 Å². The zero-order chi connectivity index (χ0) is 29.0. The van der Waals surface area contributed by atoms with E-state index in [-0.39, 0.29) is 25.1 Å². The van der Waals surface area contributed by atoms with Crippen molar-refractivity contribution in [2.75, 3.05) is 5.32 Å². The van der Waals surface area contributed by atoms with Crippen molar-refractivity contribution in [3.8, 4) is 5.75 Å². The van der Waals surface area contributed by atoms with Gasteiger partial charge in [0, 0.05) is 0 Å². The zero-order valence-corrected chi connectivity index (χ0v) is 22.5. The van der Waals surface area contributed by atoms with Gasteiger partial charge in [-0.1, -0.05) is 48.5 Å². The average molecular weight is 578 g/mol.